The summed E-state index contributed by atoms with van der Waals surface area (Å²) in [4.78, 5) is 10.6. The summed E-state index contributed by atoms with van der Waals surface area (Å²) in [6, 6.07) is 2.29. The fourth-order valence-electron chi connectivity index (χ4n) is 2.18. The molecular formula is C11H20N6. The highest BCUT2D eigenvalue weighted by molar-refractivity contribution is 5.46. The molecule has 94 valence electrons. The van der Waals surface area contributed by atoms with Crippen LogP contribution < -0.4 is 16.6 Å². The second kappa shape index (κ2) is 5.79. The predicted molar refractivity (Wildman–Crippen MR) is 68.6 cm³/mol. The number of nitrogens with two attached hydrogens (primary N) is 1. The number of aromatic nitrogens is 2. The van der Waals surface area contributed by atoms with E-state index < -0.39 is 0 Å². The summed E-state index contributed by atoms with van der Waals surface area (Å²) in [5.74, 6) is 6.78. The van der Waals surface area contributed by atoms with Crippen LogP contribution in [0.1, 0.15) is 19.8 Å². The smallest absolute Gasteiger partial charge is 0.145 e. The topological polar surface area (TPSA) is 79.1 Å². The first-order valence-corrected chi connectivity index (χ1v) is 6.09. The Morgan fingerprint density at radius 3 is 3.06 bits per heavy atom. The van der Waals surface area contributed by atoms with Gasteiger partial charge in [-0.3, -0.25) is 0 Å². The molecule has 1 unspecified atom stereocenters. The highest BCUT2D eigenvalue weighted by Gasteiger charge is 2.18. The summed E-state index contributed by atoms with van der Waals surface area (Å²) in [5.41, 5.74) is 2.52. The lowest BCUT2D eigenvalue weighted by atomic mass is 10.1. The largest absolute Gasteiger partial charge is 0.366 e. The molecule has 1 aromatic rings. The number of nitrogens with zero attached hydrogens (tertiary/aromatic N) is 3. The van der Waals surface area contributed by atoms with E-state index in [1.165, 1.54) is 25.7 Å². The molecule has 0 bridgehead atoms. The third-order valence-corrected chi connectivity index (χ3v) is 3.12. The van der Waals surface area contributed by atoms with Gasteiger partial charge in [0, 0.05) is 18.7 Å². The van der Waals surface area contributed by atoms with Crippen LogP contribution >= 0.6 is 0 Å². The second-order valence-corrected chi connectivity index (χ2v) is 4.31. The number of piperidine rings is 1. The van der Waals surface area contributed by atoms with Crippen molar-refractivity contribution in [2.45, 2.75) is 25.8 Å². The van der Waals surface area contributed by atoms with E-state index in [1.54, 1.807) is 0 Å². The maximum absolute atomic E-state index is 5.32. The van der Waals surface area contributed by atoms with Gasteiger partial charge in [0.2, 0.25) is 0 Å². The number of hydrazine groups is 1. The van der Waals surface area contributed by atoms with Crippen LogP contribution in [-0.4, -0.2) is 40.5 Å². The minimum Gasteiger partial charge on any atom is -0.366 e. The van der Waals surface area contributed by atoms with Crippen molar-refractivity contribution in [3.63, 3.8) is 0 Å². The highest BCUT2D eigenvalue weighted by atomic mass is 15.3. The number of hydrogen-bond acceptors (Lipinski definition) is 6. The molecule has 1 fully saturated rings. The summed E-state index contributed by atoms with van der Waals surface area (Å²) in [5, 5.41) is 3.43. The molecular weight excluding hydrogens is 216 g/mol. The molecule has 2 rings (SSSR count). The molecule has 0 aromatic carbocycles. The summed E-state index contributed by atoms with van der Waals surface area (Å²) in [6.07, 6.45) is 3.93. The number of rotatable bonds is 4. The van der Waals surface area contributed by atoms with Crippen molar-refractivity contribution in [2.75, 3.05) is 30.4 Å². The zero-order chi connectivity index (χ0) is 12.1. The lowest BCUT2D eigenvalue weighted by Gasteiger charge is -2.32. The molecule has 0 radical (unpaired) electrons. The minimum atomic E-state index is 0.462. The Balaban J connectivity index is 1.95. The van der Waals surface area contributed by atoms with Crippen molar-refractivity contribution >= 4 is 11.6 Å². The van der Waals surface area contributed by atoms with E-state index in [-0.39, 0.29) is 0 Å². The van der Waals surface area contributed by atoms with Gasteiger partial charge in [0.25, 0.3) is 0 Å². The monoisotopic (exact) mass is 236 g/mol. The molecule has 1 aromatic heterocycles. The van der Waals surface area contributed by atoms with Crippen LogP contribution in [0.25, 0.3) is 0 Å². The average molecular weight is 236 g/mol. The van der Waals surface area contributed by atoms with Gasteiger partial charge in [0.1, 0.15) is 18.0 Å². The Labute approximate surface area is 102 Å². The summed E-state index contributed by atoms with van der Waals surface area (Å²) in [6.45, 7) is 5.58. The number of nitrogen functional groups attached to an aromatic ring is 1. The van der Waals surface area contributed by atoms with Crippen molar-refractivity contribution in [2.24, 2.45) is 5.84 Å². The van der Waals surface area contributed by atoms with E-state index in [1.807, 2.05) is 6.07 Å². The standard InChI is InChI=1S/C11H20N6/c1-2-17-5-3-4-9(7-17)15-10-6-11(16-12)14-8-13-10/h6,8-9H,2-5,7,12H2,1H3,(H2,13,14,15,16). The van der Waals surface area contributed by atoms with Gasteiger partial charge in [-0.15, -0.1) is 0 Å². The summed E-state index contributed by atoms with van der Waals surface area (Å²) >= 11 is 0. The van der Waals surface area contributed by atoms with Gasteiger partial charge in [-0.1, -0.05) is 6.92 Å². The fourth-order valence-corrected chi connectivity index (χ4v) is 2.18. The lowest BCUT2D eigenvalue weighted by molar-refractivity contribution is 0.226. The van der Waals surface area contributed by atoms with Gasteiger partial charge in [0.05, 0.1) is 0 Å². The zero-order valence-electron chi connectivity index (χ0n) is 10.2. The average Bonchev–Trinajstić information content (AvgIpc) is 2.39. The molecule has 0 aliphatic carbocycles. The molecule has 2 heterocycles. The third kappa shape index (κ3) is 3.28. The molecule has 1 aliphatic heterocycles. The molecule has 1 saturated heterocycles. The Bertz CT molecular complexity index is 356. The number of likely N-dealkylation sites (tertiary alicyclic amines) is 1. The van der Waals surface area contributed by atoms with Gasteiger partial charge in [-0.05, 0) is 25.9 Å². The normalized spacial score (nSPS) is 21.2. The van der Waals surface area contributed by atoms with Crippen molar-refractivity contribution in [1.29, 1.82) is 0 Å². The Morgan fingerprint density at radius 1 is 1.47 bits per heavy atom. The van der Waals surface area contributed by atoms with Crippen molar-refractivity contribution in [3.8, 4) is 0 Å². The molecule has 4 N–H and O–H groups in total. The maximum Gasteiger partial charge on any atom is 0.145 e. The fraction of sp³-hybridized carbons (Fsp3) is 0.636. The SMILES string of the molecule is CCN1CCCC(Nc2cc(NN)ncn2)C1. The molecule has 6 nitrogen and oxygen atoms in total. The quantitative estimate of drug-likeness (QED) is 0.526. The van der Waals surface area contributed by atoms with Crippen molar-refractivity contribution in [1.82, 2.24) is 14.9 Å². The van der Waals surface area contributed by atoms with Gasteiger partial charge in [-0.2, -0.15) is 0 Å². The molecule has 1 aliphatic rings. The lowest BCUT2D eigenvalue weighted by Crippen LogP contribution is -2.41. The van der Waals surface area contributed by atoms with Gasteiger partial charge in [0.15, 0.2) is 0 Å². The summed E-state index contributed by atoms with van der Waals surface area (Å²) < 4.78 is 0. The van der Waals surface area contributed by atoms with E-state index >= 15 is 0 Å². The molecule has 6 heteroatoms. The van der Waals surface area contributed by atoms with Crippen LogP contribution in [0.3, 0.4) is 0 Å². The molecule has 17 heavy (non-hydrogen) atoms. The van der Waals surface area contributed by atoms with Gasteiger partial charge < -0.3 is 15.6 Å². The molecule has 0 saturated carbocycles. The summed E-state index contributed by atoms with van der Waals surface area (Å²) in [7, 11) is 0. The number of hydrogen-bond donors (Lipinski definition) is 3. The Kier molecular flexibility index (Phi) is 4.11. The van der Waals surface area contributed by atoms with Crippen LogP contribution in [0, 0.1) is 0 Å². The van der Waals surface area contributed by atoms with Crippen LogP contribution in [0.4, 0.5) is 11.6 Å². The molecule has 0 spiro atoms. The molecule has 1 atom stereocenters. The number of likely N-dealkylation sites (N-methyl/N-ethyl adjacent to an activating group) is 1. The van der Waals surface area contributed by atoms with Crippen molar-refractivity contribution < 1.29 is 0 Å². The van der Waals surface area contributed by atoms with Crippen LogP contribution in [0.15, 0.2) is 12.4 Å². The van der Waals surface area contributed by atoms with E-state index in [9.17, 15) is 0 Å². The second-order valence-electron chi connectivity index (χ2n) is 4.31. The Morgan fingerprint density at radius 2 is 2.29 bits per heavy atom. The van der Waals surface area contributed by atoms with Crippen LogP contribution in [-0.2, 0) is 0 Å². The Hall–Kier alpha value is -1.40. The van der Waals surface area contributed by atoms with E-state index in [0.717, 1.165) is 18.9 Å². The van der Waals surface area contributed by atoms with E-state index in [0.29, 0.717) is 11.9 Å². The molecule has 0 amide bonds. The van der Waals surface area contributed by atoms with Crippen molar-refractivity contribution in [3.05, 3.63) is 12.4 Å². The first kappa shape index (κ1) is 12.1. The zero-order valence-corrected chi connectivity index (χ0v) is 10.2. The highest BCUT2D eigenvalue weighted by Crippen LogP contribution is 2.15. The number of nitrogens with one attached hydrogen (secondary N) is 2. The van der Waals surface area contributed by atoms with Crippen LogP contribution in [0.2, 0.25) is 0 Å². The van der Waals surface area contributed by atoms with Crippen LogP contribution in [0.5, 0.6) is 0 Å². The predicted octanol–water partition coefficient (Wildman–Crippen LogP) is 0.658. The van der Waals surface area contributed by atoms with E-state index in [4.69, 9.17) is 5.84 Å². The van der Waals surface area contributed by atoms with Gasteiger partial charge in [-0.25, -0.2) is 15.8 Å². The first-order chi connectivity index (χ1) is 8.31. The van der Waals surface area contributed by atoms with Gasteiger partial charge >= 0.3 is 0 Å². The van der Waals surface area contributed by atoms with E-state index in [2.05, 4.69) is 32.5 Å². The third-order valence-electron chi connectivity index (χ3n) is 3.12. The first-order valence-electron chi connectivity index (χ1n) is 6.09. The maximum atomic E-state index is 5.32. The minimum absolute atomic E-state index is 0.462. The number of anilines is 2.